The van der Waals surface area contributed by atoms with Crippen molar-refractivity contribution in [2.24, 2.45) is 0 Å². The van der Waals surface area contributed by atoms with E-state index in [1.54, 1.807) is 0 Å². The smallest absolute Gasteiger partial charge is 0.0957 e. The molecule has 0 aliphatic carbocycles. The van der Waals surface area contributed by atoms with Crippen LogP contribution in [0.15, 0.2) is 18.2 Å². The average Bonchev–Trinajstić information content (AvgIpc) is 2.49. The molecular weight excluding hydrogens is 152 g/mol. The van der Waals surface area contributed by atoms with Crippen LogP contribution in [0.4, 0.5) is 0 Å². The van der Waals surface area contributed by atoms with Crippen molar-refractivity contribution in [3.8, 4) is 0 Å². The Morgan fingerprint density at radius 1 is 1.50 bits per heavy atom. The van der Waals surface area contributed by atoms with Gasteiger partial charge in [0.25, 0.3) is 0 Å². The Morgan fingerprint density at radius 3 is 3.08 bits per heavy atom. The lowest BCUT2D eigenvalue weighted by Gasteiger charge is -1.95. The molecule has 2 aromatic rings. The number of hydrogen-bond acceptors (Lipinski definition) is 2. The number of nitrogens with one attached hydrogen (secondary N) is 1. The number of H-pyrrole nitrogens is 1. The van der Waals surface area contributed by atoms with Crippen LogP contribution in [0.25, 0.3) is 10.9 Å². The van der Waals surface area contributed by atoms with E-state index in [1.807, 2.05) is 18.2 Å². The summed E-state index contributed by atoms with van der Waals surface area (Å²) in [5, 5.41) is 16.7. The lowest BCUT2D eigenvalue weighted by Crippen LogP contribution is -1.84. The molecule has 0 atom stereocenters. The molecule has 0 amide bonds. The van der Waals surface area contributed by atoms with Crippen LogP contribution in [0.2, 0.25) is 0 Å². The van der Waals surface area contributed by atoms with Gasteiger partial charge in [0.05, 0.1) is 17.8 Å². The number of rotatable bonds is 1. The summed E-state index contributed by atoms with van der Waals surface area (Å²) in [5.41, 5.74) is 2.48. The zero-order valence-electron chi connectivity index (χ0n) is 6.54. The van der Waals surface area contributed by atoms with Crippen LogP contribution in [-0.2, 0) is 6.61 Å². The molecule has 1 aromatic heterocycles. The number of hydrogen-bond donors (Lipinski definition) is 2. The molecule has 0 saturated heterocycles. The molecule has 0 bridgehead atoms. The van der Waals surface area contributed by atoms with Gasteiger partial charge in [-0.25, -0.2) is 0 Å². The van der Waals surface area contributed by atoms with Crippen molar-refractivity contribution < 1.29 is 5.11 Å². The molecule has 1 aromatic carbocycles. The molecule has 3 nitrogen and oxygen atoms in total. The molecule has 0 saturated carbocycles. The maximum Gasteiger partial charge on any atom is 0.0957 e. The first-order valence-corrected chi connectivity index (χ1v) is 3.71. The van der Waals surface area contributed by atoms with Gasteiger partial charge in [-0.1, -0.05) is 12.1 Å². The highest BCUT2D eigenvalue weighted by Crippen LogP contribution is 2.19. The van der Waals surface area contributed by atoms with Crippen molar-refractivity contribution in [3.05, 3.63) is 36.4 Å². The molecule has 0 spiro atoms. The lowest BCUT2D eigenvalue weighted by molar-refractivity contribution is 0.278. The predicted molar refractivity (Wildman–Crippen MR) is 46.5 cm³/mol. The summed E-state index contributed by atoms with van der Waals surface area (Å²) >= 11 is 0. The van der Waals surface area contributed by atoms with Crippen LogP contribution in [0.1, 0.15) is 11.3 Å². The van der Waals surface area contributed by atoms with Crippen molar-refractivity contribution in [3.63, 3.8) is 0 Å². The molecule has 0 fully saturated rings. The maximum absolute atomic E-state index is 8.94. The third-order valence-electron chi connectivity index (χ3n) is 1.90. The number of benzene rings is 1. The van der Waals surface area contributed by atoms with Crippen LogP contribution >= 0.6 is 0 Å². The monoisotopic (exact) mass is 161 g/mol. The standard InChI is InChI=1S/C9H9N2O/c1-6-3-2-4-7-9(6)8(5-12)11-10-7/h2-4,12H,1,5H2,(H,10,11). The SMILES string of the molecule is [CH2]c1cccc2[nH]nc(CO)c12. The molecule has 0 aliphatic rings. The zero-order chi connectivity index (χ0) is 8.55. The molecular formula is C9H9N2O. The molecule has 0 aliphatic heterocycles. The molecule has 2 rings (SSSR count). The third kappa shape index (κ3) is 0.905. The number of fused-ring (bicyclic) bond motifs is 1. The van der Waals surface area contributed by atoms with Crippen LogP contribution in [0.3, 0.4) is 0 Å². The fourth-order valence-corrected chi connectivity index (χ4v) is 1.33. The van der Waals surface area contributed by atoms with E-state index >= 15 is 0 Å². The van der Waals surface area contributed by atoms with Gasteiger partial charge in [0.1, 0.15) is 0 Å². The summed E-state index contributed by atoms with van der Waals surface area (Å²) in [6, 6.07) is 5.72. The van der Waals surface area contributed by atoms with Gasteiger partial charge in [0, 0.05) is 5.39 Å². The van der Waals surface area contributed by atoms with E-state index in [0.717, 1.165) is 16.5 Å². The molecule has 1 radical (unpaired) electrons. The van der Waals surface area contributed by atoms with Gasteiger partial charge >= 0.3 is 0 Å². The Balaban J connectivity index is 2.83. The Bertz CT molecular complexity index is 406. The second kappa shape index (κ2) is 2.60. The lowest BCUT2D eigenvalue weighted by atomic mass is 10.1. The first-order valence-electron chi connectivity index (χ1n) is 3.71. The summed E-state index contributed by atoms with van der Waals surface area (Å²) in [4.78, 5) is 0. The van der Waals surface area contributed by atoms with E-state index in [0.29, 0.717) is 5.69 Å². The van der Waals surface area contributed by atoms with E-state index in [4.69, 9.17) is 5.11 Å². The van der Waals surface area contributed by atoms with Crippen LogP contribution in [-0.4, -0.2) is 15.3 Å². The van der Waals surface area contributed by atoms with Crippen molar-refractivity contribution in [1.29, 1.82) is 0 Å². The van der Waals surface area contributed by atoms with E-state index in [9.17, 15) is 0 Å². The maximum atomic E-state index is 8.94. The van der Waals surface area contributed by atoms with Gasteiger partial charge in [-0.15, -0.1) is 0 Å². The number of aliphatic hydroxyl groups excluding tert-OH is 1. The number of nitrogens with zero attached hydrogens (tertiary/aromatic N) is 1. The molecule has 3 heteroatoms. The highest BCUT2D eigenvalue weighted by molar-refractivity contribution is 5.85. The minimum Gasteiger partial charge on any atom is -0.390 e. The van der Waals surface area contributed by atoms with Gasteiger partial charge in [-0.05, 0) is 18.6 Å². The number of aromatic nitrogens is 2. The zero-order valence-corrected chi connectivity index (χ0v) is 6.54. The minimum atomic E-state index is -0.0491. The fourth-order valence-electron chi connectivity index (χ4n) is 1.33. The van der Waals surface area contributed by atoms with Gasteiger partial charge in [-0.3, -0.25) is 5.10 Å². The Labute approximate surface area is 70.0 Å². The van der Waals surface area contributed by atoms with E-state index in [-0.39, 0.29) is 6.61 Å². The second-order valence-electron chi connectivity index (χ2n) is 2.67. The molecule has 0 unspecified atom stereocenters. The van der Waals surface area contributed by atoms with Gasteiger partial charge in [-0.2, -0.15) is 5.10 Å². The molecule has 12 heavy (non-hydrogen) atoms. The predicted octanol–water partition coefficient (Wildman–Crippen LogP) is 1.24. The van der Waals surface area contributed by atoms with Crippen molar-refractivity contribution in [2.45, 2.75) is 6.61 Å². The summed E-state index contributed by atoms with van der Waals surface area (Å²) in [7, 11) is 0. The van der Waals surface area contributed by atoms with Crippen LogP contribution in [0, 0.1) is 6.92 Å². The van der Waals surface area contributed by atoms with Crippen molar-refractivity contribution in [1.82, 2.24) is 10.2 Å². The fraction of sp³-hybridized carbons (Fsp3) is 0.111. The molecule has 2 N–H and O–H groups in total. The minimum absolute atomic E-state index is 0.0491. The Hall–Kier alpha value is -1.35. The van der Waals surface area contributed by atoms with Crippen molar-refractivity contribution in [2.75, 3.05) is 0 Å². The van der Waals surface area contributed by atoms with Gasteiger partial charge in [0.2, 0.25) is 0 Å². The largest absolute Gasteiger partial charge is 0.390 e. The van der Waals surface area contributed by atoms with Gasteiger partial charge < -0.3 is 5.11 Å². The van der Waals surface area contributed by atoms with E-state index < -0.39 is 0 Å². The van der Waals surface area contributed by atoms with Crippen LogP contribution < -0.4 is 0 Å². The summed E-state index contributed by atoms with van der Waals surface area (Å²) in [6.07, 6.45) is 0. The second-order valence-corrected chi connectivity index (χ2v) is 2.67. The Morgan fingerprint density at radius 2 is 2.33 bits per heavy atom. The number of aliphatic hydroxyl groups is 1. The van der Waals surface area contributed by atoms with Crippen LogP contribution in [0.5, 0.6) is 0 Å². The highest BCUT2D eigenvalue weighted by atomic mass is 16.3. The average molecular weight is 161 g/mol. The summed E-state index contributed by atoms with van der Waals surface area (Å²) < 4.78 is 0. The first kappa shape index (κ1) is 7.31. The highest BCUT2D eigenvalue weighted by Gasteiger charge is 2.05. The quantitative estimate of drug-likeness (QED) is 0.661. The van der Waals surface area contributed by atoms with E-state index in [1.165, 1.54) is 0 Å². The first-order chi connectivity index (χ1) is 5.83. The summed E-state index contributed by atoms with van der Waals surface area (Å²) in [6.45, 7) is 3.81. The topological polar surface area (TPSA) is 48.9 Å². The Kier molecular flexibility index (Phi) is 1.59. The summed E-state index contributed by atoms with van der Waals surface area (Å²) in [5.74, 6) is 0. The van der Waals surface area contributed by atoms with Gasteiger partial charge in [0.15, 0.2) is 0 Å². The molecule has 1 heterocycles. The normalized spacial score (nSPS) is 10.8. The molecule has 61 valence electrons. The van der Waals surface area contributed by atoms with Crippen molar-refractivity contribution >= 4 is 10.9 Å². The van der Waals surface area contributed by atoms with E-state index in [2.05, 4.69) is 17.1 Å². The number of aromatic amines is 1. The third-order valence-corrected chi connectivity index (χ3v) is 1.90.